The molecule has 0 spiro atoms. The van der Waals surface area contributed by atoms with Crippen molar-refractivity contribution in [3.8, 4) is 28.2 Å². The lowest BCUT2D eigenvalue weighted by atomic mass is 9.98. The number of rotatable bonds is 3. The van der Waals surface area contributed by atoms with E-state index in [9.17, 15) is 0 Å². The number of furan rings is 1. The number of nitrogens with zero attached hydrogens (tertiary/aromatic N) is 2. The largest absolute Gasteiger partial charge is 0.456 e. The van der Waals surface area contributed by atoms with Crippen molar-refractivity contribution in [3.05, 3.63) is 158 Å². The lowest BCUT2D eigenvalue weighted by molar-refractivity contribution is 0.669. The fraction of sp³-hybridized carbons (Fsp3) is 0. The third kappa shape index (κ3) is 3.98. The number of hydrogen-bond acceptors (Lipinski definition) is 3. The van der Waals surface area contributed by atoms with Crippen LogP contribution >= 0.6 is 11.3 Å². The number of pyridine rings is 1. The third-order valence-corrected chi connectivity index (χ3v) is 11.1. The SMILES string of the molecule is c1ccc2cc(-c3cc(-c4ccc5oc6ccc7sc8ccccc8c7c6c5c4)cc(-n4c5ccccc5c5ccccc54)n3)ccc2c1. The Labute approximate surface area is 284 Å². The van der Waals surface area contributed by atoms with Gasteiger partial charge in [-0.3, -0.25) is 4.57 Å². The van der Waals surface area contributed by atoms with Gasteiger partial charge in [-0.25, -0.2) is 4.98 Å². The van der Waals surface area contributed by atoms with Crippen molar-refractivity contribution >= 4 is 86.0 Å². The second-order valence-corrected chi connectivity index (χ2v) is 13.8. The van der Waals surface area contributed by atoms with Gasteiger partial charge in [0.2, 0.25) is 0 Å². The maximum absolute atomic E-state index is 6.47. The predicted octanol–water partition coefficient (Wildman–Crippen LogP) is 12.9. The van der Waals surface area contributed by atoms with Crippen LogP contribution in [0.3, 0.4) is 0 Å². The van der Waals surface area contributed by atoms with Gasteiger partial charge in [0.05, 0.1) is 16.7 Å². The van der Waals surface area contributed by atoms with E-state index < -0.39 is 0 Å². The Hall–Kier alpha value is -6.23. The summed E-state index contributed by atoms with van der Waals surface area (Å²) >= 11 is 1.84. The fourth-order valence-electron chi connectivity index (χ4n) is 7.73. The van der Waals surface area contributed by atoms with Crippen molar-refractivity contribution < 1.29 is 4.42 Å². The van der Waals surface area contributed by atoms with Gasteiger partial charge in [0.1, 0.15) is 17.0 Å². The monoisotopic (exact) mass is 642 g/mol. The van der Waals surface area contributed by atoms with Crippen molar-refractivity contribution in [2.75, 3.05) is 0 Å². The van der Waals surface area contributed by atoms with E-state index in [1.165, 1.54) is 47.1 Å². The average molecular weight is 643 g/mol. The van der Waals surface area contributed by atoms with E-state index in [1.807, 2.05) is 11.3 Å². The molecule has 0 aliphatic carbocycles. The smallest absolute Gasteiger partial charge is 0.138 e. The van der Waals surface area contributed by atoms with E-state index in [4.69, 9.17) is 9.40 Å². The van der Waals surface area contributed by atoms with Gasteiger partial charge in [0, 0.05) is 47.3 Å². The highest BCUT2D eigenvalue weighted by Gasteiger charge is 2.18. The molecule has 0 N–H and O–H groups in total. The first-order chi connectivity index (χ1) is 24.3. The molecule has 0 fully saturated rings. The van der Waals surface area contributed by atoms with Crippen LogP contribution in [0.15, 0.2) is 162 Å². The Balaban J connectivity index is 1.20. The molecule has 3 nitrogen and oxygen atoms in total. The van der Waals surface area contributed by atoms with E-state index in [-0.39, 0.29) is 0 Å². The maximum Gasteiger partial charge on any atom is 0.138 e. The molecule has 4 heteroatoms. The summed E-state index contributed by atoms with van der Waals surface area (Å²) in [5, 5.41) is 9.71. The average Bonchev–Trinajstić information content (AvgIpc) is 3.83. The zero-order chi connectivity index (χ0) is 32.1. The van der Waals surface area contributed by atoms with Crippen molar-refractivity contribution in [2.24, 2.45) is 0 Å². The molecule has 0 unspecified atom stereocenters. The molecule has 0 saturated carbocycles. The Kier molecular flexibility index (Phi) is 5.54. The van der Waals surface area contributed by atoms with E-state index in [0.29, 0.717) is 0 Å². The first-order valence-corrected chi connectivity index (χ1v) is 17.4. The van der Waals surface area contributed by atoms with Crippen LogP contribution in [0.4, 0.5) is 0 Å². The zero-order valence-electron chi connectivity index (χ0n) is 26.2. The van der Waals surface area contributed by atoms with Crippen LogP contribution in [0.2, 0.25) is 0 Å². The third-order valence-electron chi connectivity index (χ3n) is 9.97. The Morgan fingerprint density at radius 1 is 0.449 bits per heavy atom. The Morgan fingerprint density at radius 2 is 1.14 bits per heavy atom. The minimum Gasteiger partial charge on any atom is -0.456 e. The van der Waals surface area contributed by atoms with Crippen molar-refractivity contribution in [1.82, 2.24) is 9.55 Å². The zero-order valence-corrected chi connectivity index (χ0v) is 27.0. The van der Waals surface area contributed by atoms with Crippen LogP contribution in [0.5, 0.6) is 0 Å². The quantitative estimate of drug-likeness (QED) is 0.192. The highest BCUT2D eigenvalue weighted by Crippen LogP contribution is 2.43. The number of fused-ring (bicyclic) bond motifs is 11. The topological polar surface area (TPSA) is 31.0 Å². The molecule has 0 saturated heterocycles. The normalized spacial score (nSPS) is 12.1. The van der Waals surface area contributed by atoms with Gasteiger partial charge in [-0.2, -0.15) is 0 Å². The van der Waals surface area contributed by atoms with E-state index >= 15 is 0 Å². The van der Waals surface area contributed by atoms with Gasteiger partial charge in [0.15, 0.2) is 0 Å². The molecule has 11 aromatic rings. The summed E-state index contributed by atoms with van der Waals surface area (Å²) < 4.78 is 11.3. The van der Waals surface area contributed by atoms with Gasteiger partial charge >= 0.3 is 0 Å². The van der Waals surface area contributed by atoms with Crippen LogP contribution < -0.4 is 0 Å². The number of para-hydroxylation sites is 2. The summed E-state index contributed by atoms with van der Waals surface area (Å²) in [4.78, 5) is 5.39. The van der Waals surface area contributed by atoms with Crippen LogP contribution in [-0.2, 0) is 0 Å². The molecule has 4 heterocycles. The highest BCUT2D eigenvalue weighted by atomic mass is 32.1. The van der Waals surface area contributed by atoms with E-state index in [0.717, 1.165) is 55.8 Å². The highest BCUT2D eigenvalue weighted by molar-refractivity contribution is 7.26. The van der Waals surface area contributed by atoms with Gasteiger partial charge in [-0.1, -0.05) is 97.1 Å². The maximum atomic E-state index is 6.47. The lowest BCUT2D eigenvalue weighted by Crippen LogP contribution is -2.00. The van der Waals surface area contributed by atoms with Gasteiger partial charge in [0.25, 0.3) is 0 Å². The number of benzene rings is 7. The fourth-order valence-corrected chi connectivity index (χ4v) is 8.84. The minimum absolute atomic E-state index is 0.890. The number of aromatic nitrogens is 2. The molecule has 0 radical (unpaired) electrons. The molecule has 0 bridgehead atoms. The van der Waals surface area contributed by atoms with Crippen LogP contribution in [0.25, 0.3) is 103 Å². The summed E-state index contributed by atoms with van der Waals surface area (Å²) in [7, 11) is 0. The van der Waals surface area contributed by atoms with Gasteiger partial charge < -0.3 is 4.42 Å². The first-order valence-electron chi connectivity index (χ1n) is 16.5. The standard InChI is InChI=1S/C45H26N2OS/c1-2-10-28-23-30(18-17-27(28)9-1)36-25-31(26-43(46-36)47-37-14-6-3-11-32(37)33-12-4-7-15-38(33)47)29-19-20-39-35(24-29)44-40(48-39)21-22-42-45(44)34-13-5-8-16-41(34)49-42/h1-26H. The number of thiophene rings is 1. The van der Waals surface area contributed by atoms with Gasteiger partial charge in [-0.05, 0) is 82.6 Å². The molecule has 0 atom stereocenters. The van der Waals surface area contributed by atoms with Crippen molar-refractivity contribution in [3.63, 3.8) is 0 Å². The summed E-state index contributed by atoms with van der Waals surface area (Å²) in [5.74, 6) is 0.890. The van der Waals surface area contributed by atoms with Crippen molar-refractivity contribution in [2.45, 2.75) is 0 Å². The molecular formula is C45H26N2OS. The second-order valence-electron chi connectivity index (χ2n) is 12.8. The second kappa shape index (κ2) is 10.1. The summed E-state index contributed by atoms with van der Waals surface area (Å²) in [6.07, 6.45) is 0. The summed E-state index contributed by atoms with van der Waals surface area (Å²) in [6.45, 7) is 0. The Bertz CT molecular complexity index is 3070. The summed E-state index contributed by atoms with van der Waals surface area (Å²) in [6, 6.07) is 56.5. The van der Waals surface area contributed by atoms with E-state index in [1.54, 1.807) is 0 Å². The predicted molar refractivity (Wildman–Crippen MR) is 207 cm³/mol. The molecule has 7 aromatic carbocycles. The lowest BCUT2D eigenvalue weighted by Gasteiger charge is -2.13. The molecule has 0 amide bonds. The molecule has 4 aromatic heterocycles. The van der Waals surface area contributed by atoms with Gasteiger partial charge in [-0.15, -0.1) is 11.3 Å². The van der Waals surface area contributed by atoms with Crippen LogP contribution in [0.1, 0.15) is 0 Å². The first kappa shape index (κ1) is 26.8. The minimum atomic E-state index is 0.890. The van der Waals surface area contributed by atoms with Crippen LogP contribution in [0, 0.1) is 0 Å². The molecule has 11 rings (SSSR count). The van der Waals surface area contributed by atoms with Crippen LogP contribution in [-0.4, -0.2) is 9.55 Å². The molecule has 228 valence electrons. The molecule has 49 heavy (non-hydrogen) atoms. The molecule has 0 aliphatic rings. The Morgan fingerprint density at radius 3 is 1.98 bits per heavy atom. The van der Waals surface area contributed by atoms with Crippen molar-refractivity contribution in [1.29, 1.82) is 0 Å². The molecule has 0 aliphatic heterocycles. The number of hydrogen-bond donors (Lipinski definition) is 0. The van der Waals surface area contributed by atoms with E-state index in [2.05, 4.69) is 162 Å². The summed E-state index contributed by atoms with van der Waals surface area (Å²) in [5.41, 5.74) is 8.34. The molecular weight excluding hydrogens is 617 g/mol.